The molecule has 1 saturated carbocycles. The second-order valence-electron chi connectivity index (χ2n) is 5.68. The van der Waals surface area contributed by atoms with Crippen molar-refractivity contribution >= 4 is 5.91 Å². The van der Waals surface area contributed by atoms with Gasteiger partial charge in [-0.05, 0) is 43.4 Å². The Morgan fingerprint density at radius 3 is 2.85 bits per heavy atom. The number of hydrogen-bond donors (Lipinski definition) is 1. The molecule has 0 saturated heterocycles. The first-order chi connectivity index (χ1) is 9.54. The third kappa shape index (κ3) is 4.23. The van der Waals surface area contributed by atoms with Crippen LogP contribution in [0.1, 0.15) is 24.8 Å². The molecule has 0 unspecified atom stereocenters. The van der Waals surface area contributed by atoms with E-state index in [0.29, 0.717) is 18.9 Å². The van der Waals surface area contributed by atoms with Gasteiger partial charge in [-0.2, -0.15) is 0 Å². The largest absolute Gasteiger partial charge is 0.493 e. The third-order valence-electron chi connectivity index (χ3n) is 3.74. The van der Waals surface area contributed by atoms with Crippen molar-refractivity contribution in [1.82, 2.24) is 4.90 Å². The number of hydrogen-bond acceptors (Lipinski definition) is 3. The van der Waals surface area contributed by atoms with Crippen LogP contribution >= 0.6 is 0 Å². The lowest BCUT2D eigenvalue weighted by Crippen LogP contribution is -2.39. The first-order valence-corrected chi connectivity index (χ1v) is 7.16. The van der Waals surface area contributed by atoms with Crippen LogP contribution in [0.3, 0.4) is 0 Å². The van der Waals surface area contributed by atoms with E-state index in [1.54, 1.807) is 4.90 Å². The number of amides is 1. The Labute approximate surface area is 120 Å². The van der Waals surface area contributed by atoms with E-state index in [2.05, 4.69) is 0 Å². The van der Waals surface area contributed by atoms with E-state index < -0.39 is 0 Å². The van der Waals surface area contributed by atoms with Crippen molar-refractivity contribution in [3.8, 4) is 5.75 Å². The summed E-state index contributed by atoms with van der Waals surface area (Å²) in [6.07, 6.45) is 1.86. The van der Waals surface area contributed by atoms with Gasteiger partial charge in [-0.3, -0.25) is 4.79 Å². The van der Waals surface area contributed by atoms with Crippen LogP contribution in [0.5, 0.6) is 5.75 Å². The zero-order valence-electron chi connectivity index (χ0n) is 12.2. The van der Waals surface area contributed by atoms with E-state index in [-0.39, 0.29) is 12.0 Å². The van der Waals surface area contributed by atoms with Gasteiger partial charge < -0.3 is 14.7 Å². The van der Waals surface area contributed by atoms with Crippen LogP contribution in [0.15, 0.2) is 24.3 Å². The molecule has 20 heavy (non-hydrogen) atoms. The maximum absolute atomic E-state index is 11.9. The molecule has 4 nitrogen and oxygen atoms in total. The summed E-state index contributed by atoms with van der Waals surface area (Å²) < 4.78 is 5.58. The molecule has 4 heteroatoms. The number of carbonyl (C=O) groups is 1. The number of aliphatic hydroxyl groups excluding tert-OH is 1. The Hall–Kier alpha value is -1.55. The highest BCUT2D eigenvalue weighted by Crippen LogP contribution is 2.27. The van der Waals surface area contributed by atoms with Gasteiger partial charge in [-0.25, -0.2) is 0 Å². The Morgan fingerprint density at radius 1 is 1.45 bits per heavy atom. The highest BCUT2D eigenvalue weighted by atomic mass is 16.5. The molecule has 0 bridgehead atoms. The molecule has 0 atom stereocenters. The van der Waals surface area contributed by atoms with Gasteiger partial charge in [0.1, 0.15) is 5.75 Å². The van der Waals surface area contributed by atoms with Crippen LogP contribution < -0.4 is 4.74 Å². The van der Waals surface area contributed by atoms with Crippen LogP contribution in [-0.4, -0.2) is 42.2 Å². The molecule has 2 rings (SSSR count). The maximum Gasteiger partial charge on any atom is 0.225 e. The van der Waals surface area contributed by atoms with Gasteiger partial charge >= 0.3 is 0 Å². The minimum absolute atomic E-state index is 0.0963. The normalized spacial score (nSPS) is 21.1. The molecule has 1 fully saturated rings. The van der Waals surface area contributed by atoms with Crippen molar-refractivity contribution in [3.05, 3.63) is 29.8 Å². The van der Waals surface area contributed by atoms with Crippen molar-refractivity contribution in [2.45, 2.75) is 32.3 Å². The van der Waals surface area contributed by atoms with Crippen molar-refractivity contribution < 1.29 is 14.6 Å². The van der Waals surface area contributed by atoms with Crippen LogP contribution in [-0.2, 0) is 4.79 Å². The summed E-state index contributed by atoms with van der Waals surface area (Å²) in [5.41, 5.74) is 1.15. The second kappa shape index (κ2) is 6.75. The van der Waals surface area contributed by atoms with Crippen LogP contribution in [0.4, 0.5) is 0 Å². The van der Waals surface area contributed by atoms with Gasteiger partial charge in [0, 0.05) is 13.6 Å². The molecule has 1 aromatic rings. The molecule has 0 radical (unpaired) electrons. The van der Waals surface area contributed by atoms with Crippen molar-refractivity contribution in [2.24, 2.45) is 5.92 Å². The molecule has 0 aromatic heterocycles. The number of rotatable bonds is 6. The standard InChI is InChI=1S/C16H23NO3/c1-12-4-3-5-15(8-12)20-7-6-16(19)17(2)11-13-9-14(18)10-13/h3-5,8,13-14,18H,6-7,9-11H2,1-2H3. The van der Waals surface area contributed by atoms with Gasteiger partial charge in [0.15, 0.2) is 0 Å². The summed E-state index contributed by atoms with van der Waals surface area (Å²) >= 11 is 0. The first kappa shape index (κ1) is 14.9. The number of aryl methyl sites for hydroxylation is 1. The summed E-state index contributed by atoms with van der Waals surface area (Å²) in [4.78, 5) is 13.7. The zero-order valence-corrected chi connectivity index (χ0v) is 12.2. The predicted molar refractivity (Wildman–Crippen MR) is 77.7 cm³/mol. The molecule has 1 aliphatic carbocycles. The smallest absolute Gasteiger partial charge is 0.225 e. The van der Waals surface area contributed by atoms with Crippen molar-refractivity contribution in [1.29, 1.82) is 0 Å². The average molecular weight is 277 g/mol. The van der Waals surface area contributed by atoms with Crippen molar-refractivity contribution in [3.63, 3.8) is 0 Å². The number of nitrogens with zero attached hydrogens (tertiary/aromatic N) is 1. The highest BCUT2D eigenvalue weighted by Gasteiger charge is 2.28. The van der Waals surface area contributed by atoms with Gasteiger partial charge in [0.2, 0.25) is 5.91 Å². The topological polar surface area (TPSA) is 49.8 Å². The maximum atomic E-state index is 11.9. The third-order valence-corrected chi connectivity index (χ3v) is 3.74. The summed E-state index contributed by atoms with van der Waals surface area (Å²) in [6.45, 7) is 3.15. The van der Waals surface area contributed by atoms with E-state index in [0.717, 1.165) is 30.7 Å². The Balaban J connectivity index is 1.66. The molecule has 1 aliphatic rings. The summed E-state index contributed by atoms with van der Waals surface area (Å²) in [5.74, 6) is 1.36. The molecule has 1 amide bonds. The molecule has 1 N–H and O–H groups in total. The molecule has 110 valence electrons. The quantitative estimate of drug-likeness (QED) is 0.865. The zero-order chi connectivity index (χ0) is 14.5. The molecular formula is C16H23NO3. The minimum Gasteiger partial charge on any atom is -0.493 e. The summed E-state index contributed by atoms with van der Waals surface area (Å²) in [5, 5.41) is 9.24. The van der Waals surface area contributed by atoms with E-state index in [1.165, 1.54) is 0 Å². The molecular weight excluding hydrogens is 254 g/mol. The highest BCUT2D eigenvalue weighted by molar-refractivity contribution is 5.76. The number of aliphatic hydroxyl groups is 1. The van der Waals surface area contributed by atoms with Gasteiger partial charge in [0.05, 0.1) is 19.1 Å². The fraction of sp³-hybridized carbons (Fsp3) is 0.562. The van der Waals surface area contributed by atoms with Gasteiger partial charge in [-0.15, -0.1) is 0 Å². The molecule has 1 aromatic carbocycles. The molecule has 0 spiro atoms. The van der Waals surface area contributed by atoms with E-state index in [1.807, 2.05) is 38.2 Å². The van der Waals surface area contributed by atoms with E-state index in [9.17, 15) is 9.90 Å². The lowest BCUT2D eigenvalue weighted by Gasteiger charge is -2.34. The van der Waals surface area contributed by atoms with Crippen molar-refractivity contribution in [2.75, 3.05) is 20.2 Å². The molecule has 0 heterocycles. The fourth-order valence-electron chi connectivity index (χ4n) is 2.49. The van der Waals surface area contributed by atoms with E-state index >= 15 is 0 Å². The predicted octanol–water partition coefficient (Wildman–Crippen LogP) is 1.99. The SMILES string of the molecule is Cc1cccc(OCCC(=O)N(C)CC2CC(O)C2)c1. The van der Waals surface area contributed by atoms with Gasteiger partial charge in [0.25, 0.3) is 0 Å². The Kier molecular flexibility index (Phi) is 5.01. The lowest BCUT2D eigenvalue weighted by atomic mass is 9.82. The summed E-state index contributed by atoms with van der Waals surface area (Å²) in [6, 6.07) is 7.82. The minimum atomic E-state index is -0.159. The van der Waals surface area contributed by atoms with Gasteiger partial charge in [-0.1, -0.05) is 12.1 Å². The van der Waals surface area contributed by atoms with E-state index in [4.69, 9.17) is 4.74 Å². The fourth-order valence-corrected chi connectivity index (χ4v) is 2.49. The van der Waals surface area contributed by atoms with Crippen LogP contribution in [0.2, 0.25) is 0 Å². The second-order valence-corrected chi connectivity index (χ2v) is 5.68. The monoisotopic (exact) mass is 277 g/mol. The molecule has 0 aliphatic heterocycles. The Bertz CT molecular complexity index is 455. The lowest BCUT2D eigenvalue weighted by molar-refractivity contribution is -0.132. The van der Waals surface area contributed by atoms with Crippen LogP contribution in [0.25, 0.3) is 0 Å². The van der Waals surface area contributed by atoms with Crippen LogP contribution in [0, 0.1) is 12.8 Å². The number of benzene rings is 1. The number of carbonyl (C=O) groups excluding carboxylic acids is 1. The number of ether oxygens (including phenoxy) is 1. The Morgan fingerprint density at radius 2 is 2.20 bits per heavy atom. The first-order valence-electron chi connectivity index (χ1n) is 7.16. The summed E-state index contributed by atoms with van der Waals surface area (Å²) in [7, 11) is 1.82. The average Bonchev–Trinajstić information content (AvgIpc) is 2.36.